The first-order valence-electron chi connectivity index (χ1n) is 5.23. The quantitative estimate of drug-likeness (QED) is 0.512. The van der Waals surface area contributed by atoms with Crippen LogP contribution in [0.4, 0.5) is 13.2 Å². The van der Waals surface area contributed by atoms with E-state index in [-0.39, 0.29) is 0 Å². The van der Waals surface area contributed by atoms with Crippen LogP contribution in [-0.4, -0.2) is 32.4 Å². The lowest BCUT2D eigenvalue weighted by atomic mass is 10.1. The summed E-state index contributed by atoms with van der Waals surface area (Å²) in [7, 11) is 0. The summed E-state index contributed by atoms with van der Waals surface area (Å²) in [5, 5.41) is 15.0. The molecule has 0 aliphatic rings. The second-order valence-electron chi connectivity index (χ2n) is 3.77. The van der Waals surface area contributed by atoms with E-state index < -0.39 is 23.7 Å². The minimum Gasteiger partial charge on any atom is -0.387 e. The molecule has 19 heavy (non-hydrogen) atoms. The van der Waals surface area contributed by atoms with Crippen LogP contribution in [0.5, 0.6) is 0 Å². The zero-order chi connectivity index (χ0) is 14.0. The van der Waals surface area contributed by atoms with E-state index in [4.69, 9.17) is 11.1 Å². The van der Waals surface area contributed by atoms with Gasteiger partial charge >= 0.3 is 6.18 Å². The van der Waals surface area contributed by atoms with E-state index in [1.165, 1.54) is 0 Å². The van der Waals surface area contributed by atoms with E-state index in [0.717, 1.165) is 11.8 Å². The largest absolute Gasteiger partial charge is 0.399 e. The number of aromatic nitrogens is 3. The van der Waals surface area contributed by atoms with Crippen LogP contribution >= 0.6 is 11.8 Å². The third-order valence-electron chi connectivity index (χ3n) is 2.43. The number of alkyl halides is 3. The van der Waals surface area contributed by atoms with Gasteiger partial charge in [-0.3, -0.25) is 9.81 Å². The molecule has 2 aromatic rings. The Morgan fingerprint density at radius 2 is 2.16 bits per heavy atom. The summed E-state index contributed by atoms with van der Waals surface area (Å²) < 4.78 is 39.5. The highest BCUT2D eigenvalue weighted by atomic mass is 32.2. The van der Waals surface area contributed by atoms with E-state index in [1.807, 2.05) is 0 Å². The molecule has 0 fully saturated rings. The summed E-state index contributed by atoms with van der Waals surface area (Å²) in [6.07, 6.45) is -2.87. The fraction of sp³-hybridized carbons (Fsp3) is 0.300. The first-order valence-corrected chi connectivity index (χ1v) is 6.21. The number of thioether (sulfide) groups is 1. The minimum atomic E-state index is -4.53. The standard InChI is InChI=1S/C10H10F3N5S/c11-10(12,13)6(8(14)15)5-19-9-17-16-7-3-1-2-4-18(7)9/h1-4,6H,5H2,(H3,14,15). The van der Waals surface area contributed by atoms with Crippen molar-refractivity contribution in [3.8, 4) is 0 Å². The fourth-order valence-electron chi connectivity index (χ4n) is 1.44. The molecule has 0 bridgehead atoms. The first-order chi connectivity index (χ1) is 8.89. The van der Waals surface area contributed by atoms with Crippen molar-refractivity contribution in [1.82, 2.24) is 14.6 Å². The van der Waals surface area contributed by atoms with Crippen LogP contribution in [0.25, 0.3) is 5.65 Å². The zero-order valence-corrected chi connectivity index (χ0v) is 10.4. The number of nitrogens with one attached hydrogen (secondary N) is 1. The van der Waals surface area contributed by atoms with Gasteiger partial charge in [0.15, 0.2) is 10.8 Å². The molecular weight excluding hydrogens is 279 g/mol. The van der Waals surface area contributed by atoms with Crippen LogP contribution in [0.1, 0.15) is 0 Å². The maximum atomic E-state index is 12.6. The summed E-state index contributed by atoms with van der Waals surface area (Å²) in [4.78, 5) is 0. The number of nitrogens with zero attached hydrogens (tertiary/aromatic N) is 3. The van der Waals surface area contributed by atoms with Crippen molar-refractivity contribution < 1.29 is 13.2 Å². The highest BCUT2D eigenvalue weighted by Crippen LogP contribution is 2.31. The van der Waals surface area contributed by atoms with E-state index in [0.29, 0.717) is 10.8 Å². The number of rotatable bonds is 4. The Labute approximate surface area is 110 Å². The van der Waals surface area contributed by atoms with Crippen LogP contribution in [0.2, 0.25) is 0 Å². The van der Waals surface area contributed by atoms with E-state index in [2.05, 4.69) is 10.2 Å². The topological polar surface area (TPSA) is 80.1 Å². The maximum absolute atomic E-state index is 12.6. The molecule has 9 heteroatoms. The molecular formula is C10H10F3N5S. The monoisotopic (exact) mass is 289 g/mol. The molecule has 0 aliphatic carbocycles. The Morgan fingerprint density at radius 3 is 2.79 bits per heavy atom. The zero-order valence-electron chi connectivity index (χ0n) is 9.55. The van der Waals surface area contributed by atoms with Gasteiger partial charge in [0.2, 0.25) is 0 Å². The lowest BCUT2D eigenvalue weighted by Crippen LogP contribution is -2.37. The van der Waals surface area contributed by atoms with Gasteiger partial charge in [-0.15, -0.1) is 10.2 Å². The Balaban J connectivity index is 2.15. The van der Waals surface area contributed by atoms with Crippen molar-refractivity contribution in [1.29, 1.82) is 5.41 Å². The number of fused-ring (bicyclic) bond motifs is 1. The number of pyridine rings is 1. The Bertz CT molecular complexity index is 594. The van der Waals surface area contributed by atoms with Gasteiger partial charge in [0, 0.05) is 11.9 Å². The van der Waals surface area contributed by atoms with E-state index in [1.54, 1.807) is 28.8 Å². The predicted molar refractivity (Wildman–Crippen MR) is 65.2 cm³/mol. The molecule has 5 nitrogen and oxygen atoms in total. The van der Waals surface area contributed by atoms with Crippen molar-refractivity contribution in [2.45, 2.75) is 11.3 Å². The van der Waals surface area contributed by atoms with Crippen LogP contribution in [0.3, 0.4) is 0 Å². The second kappa shape index (κ2) is 5.08. The number of nitrogens with two attached hydrogens (primary N) is 1. The second-order valence-corrected chi connectivity index (χ2v) is 4.76. The number of amidine groups is 1. The van der Waals surface area contributed by atoms with Crippen molar-refractivity contribution in [3.63, 3.8) is 0 Å². The molecule has 2 aromatic heterocycles. The molecule has 2 rings (SSSR count). The molecule has 0 aliphatic heterocycles. The van der Waals surface area contributed by atoms with Gasteiger partial charge in [-0.1, -0.05) is 17.8 Å². The summed E-state index contributed by atoms with van der Waals surface area (Å²) in [5.41, 5.74) is 5.53. The molecule has 0 spiro atoms. The average molecular weight is 289 g/mol. The molecule has 0 aromatic carbocycles. The maximum Gasteiger partial charge on any atom is 0.399 e. The first kappa shape index (κ1) is 13.7. The van der Waals surface area contributed by atoms with Crippen LogP contribution in [0, 0.1) is 11.3 Å². The average Bonchev–Trinajstić information content (AvgIpc) is 2.71. The molecule has 1 unspecified atom stereocenters. The SMILES string of the molecule is N=C(N)C(CSc1nnc2ccccn12)C(F)(F)F. The smallest absolute Gasteiger partial charge is 0.387 e. The summed E-state index contributed by atoms with van der Waals surface area (Å²) in [6.45, 7) is 0. The van der Waals surface area contributed by atoms with E-state index >= 15 is 0 Å². The lowest BCUT2D eigenvalue weighted by Gasteiger charge is -2.17. The van der Waals surface area contributed by atoms with Crippen molar-refractivity contribution in [2.24, 2.45) is 11.7 Å². The summed E-state index contributed by atoms with van der Waals surface area (Å²) >= 11 is 0.868. The number of halogens is 3. The van der Waals surface area contributed by atoms with Gasteiger partial charge in [0.25, 0.3) is 0 Å². The molecule has 0 saturated carbocycles. The van der Waals surface area contributed by atoms with Gasteiger partial charge in [-0.2, -0.15) is 13.2 Å². The van der Waals surface area contributed by atoms with Gasteiger partial charge < -0.3 is 5.73 Å². The predicted octanol–water partition coefficient (Wildman–Crippen LogP) is 1.94. The highest BCUT2D eigenvalue weighted by molar-refractivity contribution is 7.99. The van der Waals surface area contributed by atoms with Gasteiger partial charge in [-0.25, -0.2) is 0 Å². The highest BCUT2D eigenvalue weighted by Gasteiger charge is 2.42. The fourth-order valence-corrected chi connectivity index (χ4v) is 2.51. The van der Waals surface area contributed by atoms with Crippen LogP contribution in [0.15, 0.2) is 29.6 Å². The lowest BCUT2D eigenvalue weighted by molar-refractivity contribution is -0.150. The Morgan fingerprint density at radius 1 is 1.42 bits per heavy atom. The summed E-state index contributed by atoms with van der Waals surface area (Å²) in [6, 6.07) is 5.18. The molecule has 0 saturated heterocycles. The van der Waals surface area contributed by atoms with Crippen LogP contribution in [-0.2, 0) is 0 Å². The van der Waals surface area contributed by atoms with E-state index in [9.17, 15) is 13.2 Å². The molecule has 102 valence electrons. The number of hydrogen-bond acceptors (Lipinski definition) is 4. The summed E-state index contributed by atoms with van der Waals surface area (Å²) in [5.74, 6) is -3.27. The third kappa shape index (κ3) is 2.98. The van der Waals surface area contributed by atoms with Gasteiger partial charge in [0.05, 0.1) is 0 Å². The van der Waals surface area contributed by atoms with Gasteiger partial charge in [0.1, 0.15) is 11.8 Å². The van der Waals surface area contributed by atoms with Crippen LogP contribution < -0.4 is 5.73 Å². The molecule has 3 N–H and O–H groups in total. The normalized spacial score (nSPS) is 13.6. The van der Waals surface area contributed by atoms with Gasteiger partial charge in [-0.05, 0) is 12.1 Å². The molecule has 0 amide bonds. The van der Waals surface area contributed by atoms with Crippen molar-refractivity contribution in [2.75, 3.05) is 5.75 Å². The third-order valence-corrected chi connectivity index (χ3v) is 3.47. The van der Waals surface area contributed by atoms with Crippen molar-refractivity contribution >= 4 is 23.2 Å². The molecule has 2 heterocycles. The Kier molecular flexibility index (Phi) is 3.65. The Hall–Kier alpha value is -1.77. The molecule has 0 radical (unpaired) electrons. The number of hydrogen-bond donors (Lipinski definition) is 2. The minimum absolute atomic E-state index is 0.339. The molecule has 1 atom stereocenters. The van der Waals surface area contributed by atoms with Crippen molar-refractivity contribution in [3.05, 3.63) is 24.4 Å².